The minimum Gasteiger partial charge on any atom is -0.409 e. The van der Waals surface area contributed by atoms with Crippen LogP contribution in [0.25, 0.3) is 0 Å². The first kappa shape index (κ1) is 16.7. The number of ether oxygens (including phenoxy) is 1. The summed E-state index contributed by atoms with van der Waals surface area (Å²) in [5.74, 6) is -0.237. The number of carbonyl (C=O) groups is 1. The molecule has 1 amide bonds. The summed E-state index contributed by atoms with van der Waals surface area (Å²) in [7, 11) is 1.69. The van der Waals surface area contributed by atoms with E-state index in [1.54, 1.807) is 18.9 Å². The van der Waals surface area contributed by atoms with Crippen molar-refractivity contribution >= 4 is 11.7 Å². The van der Waals surface area contributed by atoms with Crippen LogP contribution in [0.1, 0.15) is 34.1 Å². The number of nitrogens with two attached hydrogens (primary N) is 1. The molecule has 0 saturated carbocycles. The third-order valence-corrected chi connectivity index (χ3v) is 3.08. The standard InChI is InChI=1S/C12H25N3O3/c1-6-12(4,10(13)14-17)11(16)15(5)7-8-18-9(2)3/h9,17H,6-8H2,1-5H3,(H2,13,14). The topological polar surface area (TPSA) is 88.2 Å². The van der Waals surface area contributed by atoms with E-state index in [0.717, 1.165) is 0 Å². The van der Waals surface area contributed by atoms with Gasteiger partial charge in [0, 0.05) is 13.6 Å². The van der Waals surface area contributed by atoms with Crippen molar-refractivity contribution in [2.24, 2.45) is 16.3 Å². The lowest BCUT2D eigenvalue weighted by Gasteiger charge is -2.30. The zero-order chi connectivity index (χ0) is 14.3. The third-order valence-electron chi connectivity index (χ3n) is 3.08. The molecule has 0 heterocycles. The molecule has 1 unspecified atom stereocenters. The van der Waals surface area contributed by atoms with Gasteiger partial charge < -0.3 is 20.6 Å². The Kier molecular flexibility index (Phi) is 6.68. The van der Waals surface area contributed by atoms with E-state index in [2.05, 4.69) is 5.16 Å². The van der Waals surface area contributed by atoms with Crippen LogP contribution in [0.3, 0.4) is 0 Å². The Bertz CT molecular complexity index is 305. The molecule has 6 nitrogen and oxygen atoms in total. The van der Waals surface area contributed by atoms with Gasteiger partial charge in [0.1, 0.15) is 5.41 Å². The van der Waals surface area contributed by atoms with Crippen molar-refractivity contribution < 1.29 is 14.7 Å². The maximum atomic E-state index is 12.3. The van der Waals surface area contributed by atoms with Gasteiger partial charge in [-0.15, -0.1) is 0 Å². The van der Waals surface area contributed by atoms with E-state index < -0.39 is 5.41 Å². The second-order valence-corrected chi connectivity index (χ2v) is 4.82. The van der Waals surface area contributed by atoms with E-state index in [4.69, 9.17) is 15.7 Å². The van der Waals surface area contributed by atoms with Crippen molar-refractivity contribution in [1.29, 1.82) is 0 Å². The predicted molar refractivity (Wildman–Crippen MR) is 70.5 cm³/mol. The smallest absolute Gasteiger partial charge is 0.236 e. The highest BCUT2D eigenvalue weighted by atomic mass is 16.5. The lowest BCUT2D eigenvalue weighted by Crippen LogP contribution is -2.49. The van der Waals surface area contributed by atoms with Crippen LogP contribution in [0.15, 0.2) is 5.16 Å². The van der Waals surface area contributed by atoms with Crippen LogP contribution in [-0.4, -0.2) is 48.2 Å². The van der Waals surface area contributed by atoms with Gasteiger partial charge in [-0.1, -0.05) is 12.1 Å². The van der Waals surface area contributed by atoms with Crippen molar-refractivity contribution in [2.45, 2.75) is 40.2 Å². The molecule has 0 aromatic carbocycles. The average Bonchev–Trinajstić information content (AvgIpc) is 2.35. The Labute approximate surface area is 109 Å². The van der Waals surface area contributed by atoms with E-state index >= 15 is 0 Å². The van der Waals surface area contributed by atoms with E-state index in [9.17, 15) is 4.79 Å². The molecule has 0 bridgehead atoms. The van der Waals surface area contributed by atoms with E-state index in [1.165, 1.54) is 0 Å². The van der Waals surface area contributed by atoms with E-state index in [-0.39, 0.29) is 17.8 Å². The van der Waals surface area contributed by atoms with Gasteiger partial charge in [-0.25, -0.2) is 0 Å². The summed E-state index contributed by atoms with van der Waals surface area (Å²) in [6, 6.07) is 0. The number of hydrogen-bond donors (Lipinski definition) is 2. The van der Waals surface area contributed by atoms with E-state index in [0.29, 0.717) is 19.6 Å². The predicted octanol–water partition coefficient (Wildman–Crippen LogP) is 1.03. The maximum absolute atomic E-state index is 12.3. The largest absolute Gasteiger partial charge is 0.409 e. The monoisotopic (exact) mass is 259 g/mol. The molecule has 106 valence electrons. The van der Waals surface area contributed by atoms with Crippen molar-refractivity contribution in [3.63, 3.8) is 0 Å². The second kappa shape index (κ2) is 7.20. The number of rotatable bonds is 7. The number of oxime groups is 1. The molecule has 0 aliphatic heterocycles. The molecule has 0 spiro atoms. The molecule has 18 heavy (non-hydrogen) atoms. The lowest BCUT2D eigenvalue weighted by atomic mass is 9.84. The fourth-order valence-electron chi connectivity index (χ4n) is 1.50. The normalized spacial score (nSPS) is 15.6. The Morgan fingerprint density at radius 3 is 2.50 bits per heavy atom. The summed E-state index contributed by atoms with van der Waals surface area (Å²) in [6.07, 6.45) is 0.604. The highest BCUT2D eigenvalue weighted by Crippen LogP contribution is 2.24. The minimum absolute atomic E-state index is 0.0633. The minimum atomic E-state index is -0.971. The van der Waals surface area contributed by atoms with Crippen LogP contribution in [0.2, 0.25) is 0 Å². The number of carbonyl (C=O) groups excluding carboxylic acids is 1. The van der Waals surface area contributed by atoms with Gasteiger partial charge in [-0.05, 0) is 27.2 Å². The SMILES string of the molecule is CCC(C)(C(=O)N(C)CCOC(C)C)C(N)=NO. The van der Waals surface area contributed by atoms with Gasteiger partial charge >= 0.3 is 0 Å². The first-order chi connectivity index (χ1) is 8.29. The van der Waals surface area contributed by atoms with Crippen LogP contribution < -0.4 is 5.73 Å². The summed E-state index contributed by atoms with van der Waals surface area (Å²) >= 11 is 0. The summed E-state index contributed by atoms with van der Waals surface area (Å²) in [5.41, 5.74) is 4.63. The molecular formula is C12H25N3O3. The number of hydrogen-bond acceptors (Lipinski definition) is 4. The first-order valence-electron chi connectivity index (χ1n) is 6.14. The molecule has 6 heteroatoms. The summed E-state index contributed by atoms with van der Waals surface area (Å²) in [4.78, 5) is 13.8. The molecule has 0 aliphatic carbocycles. The fourth-order valence-corrected chi connectivity index (χ4v) is 1.50. The molecule has 0 aliphatic rings. The summed E-state index contributed by atoms with van der Waals surface area (Å²) in [6.45, 7) is 8.32. The Hall–Kier alpha value is -1.30. The number of nitrogens with zero attached hydrogens (tertiary/aromatic N) is 2. The van der Waals surface area contributed by atoms with Crippen LogP contribution in [-0.2, 0) is 9.53 Å². The van der Waals surface area contributed by atoms with Gasteiger partial charge in [0.25, 0.3) is 0 Å². The van der Waals surface area contributed by atoms with Gasteiger partial charge in [0.2, 0.25) is 5.91 Å². The Balaban J connectivity index is 4.60. The van der Waals surface area contributed by atoms with Crippen molar-refractivity contribution in [2.75, 3.05) is 20.2 Å². The van der Waals surface area contributed by atoms with Crippen LogP contribution in [0.5, 0.6) is 0 Å². The molecule has 0 radical (unpaired) electrons. The second-order valence-electron chi connectivity index (χ2n) is 4.82. The van der Waals surface area contributed by atoms with Crippen LogP contribution >= 0.6 is 0 Å². The lowest BCUT2D eigenvalue weighted by molar-refractivity contribution is -0.137. The molecule has 0 aromatic heterocycles. The average molecular weight is 259 g/mol. The maximum Gasteiger partial charge on any atom is 0.236 e. The summed E-state index contributed by atoms with van der Waals surface area (Å²) < 4.78 is 5.39. The fraction of sp³-hybridized carbons (Fsp3) is 0.833. The highest BCUT2D eigenvalue weighted by molar-refractivity contribution is 6.06. The molecule has 0 fully saturated rings. The van der Waals surface area contributed by atoms with Gasteiger partial charge in [0.15, 0.2) is 5.84 Å². The van der Waals surface area contributed by atoms with E-state index in [1.807, 2.05) is 20.8 Å². The quantitative estimate of drug-likeness (QED) is 0.309. The first-order valence-corrected chi connectivity index (χ1v) is 6.14. The Morgan fingerprint density at radius 1 is 1.56 bits per heavy atom. The molecule has 1 atom stereocenters. The van der Waals surface area contributed by atoms with Gasteiger partial charge in [-0.2, -0.15) is 0 Å². The number of amides is 1. The molecular weight excluding hydrogens is 234 g/mol. The van der Waals surface area contributed by atoms with Gasteiger partial charge in [-0.3, -0.25) is 4.79 Å². The van der Waals surface area contributed by atoms with Gasteiger partial charge in [0.05, 0.1) is 12.7 Å². The zero-order valence-electron chi connectivity index (χ0n) is 11.9. The number of amidine groups is 1. The molecule has 3 N–H and O–H groups in total. The van der Waals surface area contributed by atoms with Crippen LogP contribution in [0.4, 0.5) is 0 Å². The third kappa shape index (κ3) is 4.18. The molecule has 0 saturated heterocycles. The van der Waals surface area contributed by atoms with Crippen molar-refractivity contribution in [1.82, 2.24) is 4.90 Å². The molecule has 0 aromatic rings. The zero-order valence-corrected chi connectivity index (χ0v) is 11.9. The Morgan fingerprint density at radius 2 is 2.11 bits per heavy atom. The molecule has 0 rings (SSSR count). The van der Waals surface area contributed by atoms with Crippen LogP contribution in [0, 0.1) is 5.41 Å². The number of likely N-dealkylation sites (N-methyl/N-ethyl adjacent to an activating group) is 1. The van der Waals surface area contributed by atoms with Crippen molar-refractivity contribution in [3.8, 4) is 0 Å². The summed E-state index contributed by atoms with van der Waals surface area (Å²) in [5, 5.41) is 11.7. The van der Waals surface area contributed by atoms with Crippen molar-refractivity contribution in [3.05, 3.63) is 0 Å². The highest BCUT2D eigenvalue weighted by Gasteiger charge is 2.38.